The summed E-state index contributed by atoms with van der Waals surface area (Å²) in [6, 6.07) is 7.57. The molecular formula is C6H10O2Si2. The van der Waals surface area contributed by atoms with Crippen molar-refractivity contribution in [1.82, 2.24) is 0 Å². The van der Waals surface area contributed by atoms with E-state index in [1.165, 1.54) is 0 Å². The van der Waals surface area contributed by atoms with Crippen molar-refractivity contribution in [3.8, 4) is 0 Å². The Bertz CT molecular complexity index is 174. The molecular weight excluding hydrogens is 160 g/mol. The average molecular weight is 170 g/mol. The molecule has 2 N–H and O–H groups in total. The van der Waals surface area contributed by atoms with Crippen LogP contribution in [-0.2, 0) is 0 Å². The van der Waals surface area contributed by atoms with Crippen LogP contribution >= 0.6 is 0 Å². The summed E-state index contributed by atoms with van der Waals surface area (Å²) in [5.41, 5.74) is 0. The lowest BCUT2D eigenvalue weighted by molar-refractivity contribution is 0.614. The highest BCUT2D eigenvalue weighted by atomic mass is 28.2. The van der Waals surface area contributed by atoms with E-state index >= 15 is 0 Å². The monoisotopic (exact) mass is 170 g/mol. The zero-order valence-corrected chi connectivity index (χ0v) is 8.45. The van der Waals surface area contributed by atoms with Crippen LogP contribution in [-0.4, -0.2) is 29.1 Å². The summed E-state index contributed by atoms with van der Waals surface area (Å²) >= 11 is 0. The van der Waals surface area contributed by atoms with Crippen molar-refractivity contribution >= 4 is 29.9 Å². The molecule has 0 aliphatic rings. The molecule has 0 aliphatic heterocycles. The van der Waals surface area contributed by atoms with Gasteiger partial charge in [0.15, 0.2) is 19.5 Å². The van der Waals surface area contributed by atoms with Crippen LogP contribution in [0.1, 0.15) is 0 Å². The Morgan fingerprint density at radius 2 is 1.10 bits per heavy atom. The van der Waals surface area contributed by atoms with Gasteiger partial charge in [0.1, 0.15) is 0 Å². The van der Waals surface area contributed by atoms with E-state index in [2.05, 4.69) is 0 Å². The molecule has 4 heteroatoms. The second kappa shape index (κ2) is 3.67. The standard InChI is InChI=1S/C6H10O2Si2/c7-9-5-1-2-6(10-8)4-3-5/h1-4,7-8H,9-10H2. The van der Waals surface area contributed by atoms with E-state index in [9.17, 15) is 0 Å². The lowest BCUT2D eigenvalue weighted by Gasteiger charge is -1.95. The molecule has 0 atom stereocenters. The molecule has 10 heavy (non-hydrogen) atoms. The van der Waals surface area contributed by atoms with Gasteiger partial charge in [-0.2, -0.15) is 0 Å². The van der Waals surface area contributed by atoms with Crippen LogP contribution in [0.3, 0.4) is 0 Å². The van der Waals surface area contributed by atoms with Gasteiger partial charge in [0.05, 0.1) is 0 Å². The van der Waals surface area contributed by atoms with Crippen molar-refractivity contribution in [2.45, 2.75) is 0 Å². The van der Waals surface area contributed by atoms with E-state index in [1.807, 2.05) is 24.3 Å². The Labute approximate surface area is 64.4 Å². The van der Waals surface area contributed by atoms with Crippen LogP contribution < -0.4 is 10.4 Å². The number of rotatable bonds is 2. The van der Waals surface area contributed by atoms with Gasteiger partial charge in [-0.15, -0.1) is 0 Å². The van der Waals surface area contributed by atoms with Gasteiger partial charge in [-0.25, -0.2) is 0 Å². The number of hydrogen-bond acceptors (Lipinski definition) is 2. The minimum absolute atomic E-state index is 0.999. The topological polar surface area (TPSA) is 40.5 Å². The van der Waals surface area contributed by atoms with Crippen LogP contribution in [0.4, 0.5) is 0 Å². The maximum atomic E-state index is 8.79. The Balaban J connectivity index is 2.80. The van der Waals surface area contributed by atoms with Crippen LogP contribution in [0, 0.1) is 0 Å². The summed E-state index contributed by atoms with van der Waals surface area (Å²) in [4.78, 5) is 17.6. The lowest BCUT2D eigenvalue weighted by Crippen LogP contribution is -2.19. The first-order valence-corrected chi connectivity index (χ1v) is 5.84. The van der Waals surface area contributed by atoms with Crippen LogP contribution in [0.2, 0.25) is 0 Å². The largest absolute Gasteiger partial charge is 0.433 e. The molecule has 0 heterocycles. The quantitative estimate of drug-likeness (QED) is 0.467. The van der Waals surface area contributed by atoms with Gasteiger partial charge in [-0.05, 0) is 10.4 Å². The van der Waals surface area contributed by atoms with E-state index in [-0.39, 0.29) is 0 Å². The van der Waals surface area contributed by atoms with E-state index in [0.717, 1.165) is 10.4 Å². The maximum absolute atomic E-state index is 8.79. The van der Waals surface area contributed by atoms with Crippen LogP contribution in [0.15, 0.2) is 24.3 Å². The molecule has 54 valence electrons. The van der Waals surface area contributed by atoms with Crippen LogP contribution in [0.25, 0.3) is 0 Å². The highest BCUT2D eigenvalue weighted by molar-refractivity contribution is 6.48. The summed E-state index contributed by atoms with van der Waals surface area (Å²) in [5, 5.41) is 2.07. The highest BCUT2D eigenvalue weighted by Crippen LogP contribution is 1.77. The molecule has 0 fully saturated rings. The molecule has 0 amide bonds. The molecule has 0 bridgehead atoms. The first kappa shape index (κ1) is 7.68. The molecule has 0 aromatic heterocycles. The Morgan fingerprint density at radius 3 is 1.30 bits per heavy atom. The zero-order chi connectivity index (χ0) is 7.40. The van der Waals surface area contributed by atoms with Gasteiger partial charge in [0.2, 0.25) is 0 Å². The molecule has 0 unspecified atom stereocenters. The summed E-state index contributed by atoms with van der Waals surface area (Å²) in [6.07, 6.45) is 0. The fraction of sp³-hybridized carbons (Fsp3) is 0. The first-order valence-electron chi connectivity index (χ1n) is 3.16. The maximum Gasteiger partial charge on any atom is 0.187 e. The number of hydrogen-bond donors (Lipinski definition) is 2. The SMILES string of the molecule is O[SiH2]c1ccc([SiH2]O)cc1. The summed E-state index contributed by atoms with van der Waals surface area (Å²) < 4.78 is 0. The van der Waals surface area contributed by atoms with Gasteiger partial charge >= 0.3 is 0 Å². The third-order valence-electron chi connectivity index (χ3n) is 1.39. The van der Waals surface area contributed by atoms with E-state index in [1.54, 1.807) is 0 Å². The minimum atomic E-state index is -0.999. The predicted molar refractivity (Wildman–Crippen MR) is 47.2 cm³/mol. The third kappa shape index (κ3) is 1.78. The average Bonchev–Trinajstić information content (AvgIpc) is 2.05. The second-order valence-electron chi connectivity index (χ2n) is 2.13. The van der Waals surface area contributed by atoms with Gasteiger partial charge in [0, 0.05) is 0 Å². The minimum Gasteiger partial charge on any atom is -0.433 e. The normalized spacial score (nSPS) is 12.2. The van der Waals surface area contributed by atoms with Crippen molar-refractivity contribution in [1.29, 1.82) is 0 Å². The van der Waals surface area contributed by atoms with Crippen molar-refractivity contribution in [3.63, 3.8) is 0 Å². The Kier molecular flexibility index (Phi) is 2.82. The molecule has 0 saturated carbocycles. The molecule has 0 radical (unpaired) electrons. The molecule has 0 saturated heterocycles. The molecule has 1 aromatic carbocycles. The third-order valence-corrected chi connectivity index (χ3v) is 3.06. The molecule has 0 spiro atoms. The van der Waals surface area contributed by atoms with Gasteiger partial charge < -0.3 is 9.59 Å². The zero-order valence-electron chi connectivity index (χ0n) is 5.62. The summed E-state index contributed by atoms with van der Waals surface area (Å²) in [6.45, 7) is 0. The second-order valence-corrected chi connectivity index (χ2v) is 4.40. The first-order chi connectivity index (χ1) is 4.86. The lowest BCUT2D eigenvalue weighted by atomic mass is 10.4. The van der Waals surface area contributed by atoms with Crippen molar-refractivity contribution < 1.29 is 9.59 Å². The van der Waals surface area contributed by atoms with Crippen LogP contribution in [0.5, 0.6) is 0 Å². The van der Waals surface area contributed by atoms with E-state index in [4.69, 9.17) is 9.59 Å². The summed E-state index contributed by atoms with van der Waals surface area (Å²) in [7, 11) is -2.00. The summed E-state index contributed by atoms with van der Waals surface area (Å²) in [5.74, 6) is 0. The smallest absolute Gasteiger partial charge is 0.187 e. The van der Waals surface area contributed by atoms with Gasteiger partial charge in [-0.1, -0.05) is 24.3 Å². The van der Waals surface area contributed by atoms with E-state index in [0.29, 0.717) is 0 Å². The molecule has 1 rings (SSSR count). The van der Waals surface area contributed by atoms with Crippen molar-refractivity contribution in [2.24, 2.45) is 0 Å². The molecule has 1 aromatic rings. The van der Waals surface area contributed by atoms with Crippen molar-refractivity contribution in [3.05, 3.63) is 24.3 Å². The predicted octanol–water partition coefficient (Wildman–Crippen LogP) is -2.91. The highest BCUT2D eigenvalue weighted by Gasteiger charge is 1.91. The molecule has 0 aliphatic carbocycles. The molecule has 2 nitrogen and oxygen atoms in total. The van der Waals surface area contributed by atoms with Gasteiger partial charge in [0.25, 0.3) is 0 Å². The number of benzene rings is 1. The fourth-order valence-electron chi connectivity index (χ4n) is 0.750. The van der Waals surface area contributed by atoms with Crippen molar-refractivity contribution in [2.75, 3.05) is 0 Å². The Morgan fingerprint density at radius 1 is 0.800 bits per heavy atom. The van der Waals surface area contributed by atoms with E-state index < -0.39 is 19.5 Å². The fourth-order valence-corrected chi connectivity index (χ4v) is 1.64. The Hall–Kier alpha value is -0.426. The van der Waals surface area contributed by atoms with Gasteiger partial charge in [-0.3, -0.25) is 0 Å².